The Kier molecular flexibility index (Phi) is 44.8. The number of hydrogen-bond donors (Lipinski definition) is 2. The number of rotatable bonds is 46. The van der Waals surface area contributed by atoms with E-state index in [4.69, 9.17) is 24.3 Å². The van der Waals surface area contributed by atoms with Gasteiger partial charge in [-0.15, -0.1) is 0 Å². The molecule has 336 valence electrons. The number of allylic oxidation sites excluding steroid dienone is 6. The highest BCUT2D eigenvalue weighted by Crippen LogP contribution is 2.43. The van der Waals surface area contributed by atoms with E-state index < -0.39 is 13.9 Å². The summed E-state index contributed by atoms with van der Waals surface area (Å²) in [4.78, 5) is 22.5. The van der Waals surface area contributed by atoms with Crippen LogP contribution >= 0.6 is 7.82 Å². The largest absolute Gasteiger partial charge is 0.472 e. The molecule has 0 spiro atoms. The van der Waals surface area contributed by atoms with Crippen molar-refractivity contribution in [2.24, 2.45) is 5.73 Å². The average molecular weight is 826 g/mol. The van der Waals surface area contributed by atoms with E-state index in [1.54, 1.807) is 0 Å². The summed E-state index contributed by atoms with van der Waals surface area (Å²) in [5.74, 6) is -0.332. The smallest absolute Gasteiger partial charge is 0.457 e. The van der Waals surface area contributed by atoms with Gasteiger partial charge in [-0.3, -0.25) is 13.8 Å². The standard InChI is InChI=1S/C48H92NO7P/c1-3-5-7-9-11-13-15-17-18-19-20-21-22-23-24-25-26-27-28-29-31-33-35-37-39-41-48(50)56-47(46-55-57(51,52)54-44-42-49)45-53-43-40-38-36-34-32-30-16-14-12-10-8-6-4-2/h12,14-15,17,19-20,47H,3-11,13,16,18,21-46,49H2,1-2H3,(H,51,52)/b14-12-,17-15-,20-19-. The van der Waals surface area contributed by atoms with E-state index in [2.05, 4.69) is 50.3 Å². The molecule has 9 heteroatoms. The van der Waals surface area contributed by atoms with Crippen LogP contribution in [0.25, 0.3) is 0 Å². The van der Waals surface area contributed by atoms with Gasteiger partial charge in [-0.25, -0.2) is 4.57 Å². The lowest BCUT2D eigenvalue weighted by molar-refractivity contribution is -0.154. The van der Waals surface area contributed by atoms with Crippen molar-refractivity contribution in [1.29, 1.82) is 0 Å². The minimum atomic E-state index is -4.28. The van der Waals surface area contributed by atoms with Crippen LogP contribution in [0.4, 0.5) is 0 Å². The molecule has 0 aromatic rings. The maximum absolute atomic E-state index is 12.6. The Labute approximate surface area is 352 Å². The molecule has 0 rings (SSSR count). The van der Waals surface area contributed by atoms with Crippen molar-refractivity contribution in [3.8, 4) is 0 Å². The van der Waals surface area contributed by atoms with Crippen LogP contribution in [0.5, 0.6) is 0 Å². The summed E-state index contributed by atoms with van der Waals surface area (Å²) < 4.78 is 33.5. The first-order chi connectivity index (χ1) is 27.9. The summed E-state index contributed by atoms with van der Waals surface area (Å²) in [6, 6.07) is 0. The summed E-state index contributed by atoms with van der Waals surface area (Å²) in [7, 11) is -4.28. The molecule has 0 bridgehead atoms. The molecule has 0 saturated heterocycles. The first-order valence-electron chi connectivity index (χ1n) is 24.0. The van der Waals surface area contributed by atoms with E-state index in [0.717, 1.165) is 38.5 Å². The molecule has 57 heavy (non-hydrogen) atoms. The molecule has 8 nitrogen and oxygen atoms in total. The zero-order valence-corrected chi connectivity index (χ0v) is 38.2. The van der Waals surface area contributed by atoms with Crippen molar-refractivity contribution in [1.82, 2.24) is 0 Å². The van der Waals surface area contributed by atoms with Crippen LogP contribution in [0.3, 0.4) is 0 Å². The first kappa shape index (κ1) is 55.7. The maximum Gasteiger partial charge on any atom is 0.472 e. The minimum absolute atomic E-state index is 0.0962. The van der Waals surface area contributed by atoms with Crippen molar-refractivity contribution in [2.45, 2.75) is 232 Å². The van der Waals surface area contributed by atoms with Crippen LogP contribution in [-0.2, 0) is 27.9 Å². The van der Waals surface area contributed by atoms with Gasteiger partial charge in [0.05, 0.1) is 19.8 Å². The van der Waals surface area contributed by atoms with Gasteiger partial charge in [-0.2, -0.15) is 0 Å². The molecular weight excluding hydrogens is 734 g/mol. The highest BCUT2D eigenvalue weighted by Gasteiger charge is 2.25. The van der Waals surface area contributed by atoms with Crippen molar-refractivity contribution >= 4 is 13.8 Å². The number of nitrogens with two attached hydrogens (primary N) is 1. The minimum Gasteiger partial charge on any atom is -0.457 e. The number of carbonyl (C=O) groups is 1. The van der Waals surface area contributed by atoms with Gasteiger partial charge in [0.15, 0.2) is 0 Å². The van der Waals surface area contributed by atoms with Gasteiger partial charge >= 0.3 is 13.8 Å². The number of ether oxygens (including phenoxy) is 2. The Morgan fingerprint density at radius 3 is 1.42 bits per heavy atom. The molecule has 0 aliphatic rings. The molecule has 2 unspecified atom stereocenters. The van der Waals surface area contributed by atoms with Crippen LogP contribution in [0.1, 0.15) is 226 Å². The molecule has 0 aromatic heterocycles. The molecule has 2 atom stereocenters. The molecule has 0 aliphatic carbocycles. The zero-order valence-electron chi connectivity index (χ0n) is 37.3. The van der Waals surface area contributed by atoms with E-state index in [-0.39, 0.29) is 32.3 Å². The van der Waals surface area contributed by atoms with E-state index >= 15 is 0 Å². The van der Waals surface area contributed by atoms with Gasteiger partial charge in [-0.05, 0) is 70.6 Å². The highest BCUT2D eigenvalue weighted by molar-refractivity contribution is 7.47. The molecule has 0 aliphatic heterocycles. The number of phosphoric ester groups is 1. The quantitative estimate of drug-likeness (QED) is 0.0270. The second-order valence-corrected chi connectivity index (χ2v) is 17.4. The topological polar surface area (TPSA) is 117 Å². The second kappa shape index (κ2) is 45.8. The number of hydrogen-bond acceptors (Lipinski definition) is 7. The van der Waals surface area contributed by atoms with Crippen molar-refractivity contribution in [2.75, 3.05) is 33.0 Å². The molecule has 0 fully saturated rings. The lowest BCUT2D eigenvalue weighted by Crippen LogP contribution is -2.28. The third-order valence-electron chi connectivity index (χ3n) is 10.3. The van der Waals surface area contributed by atoms with Crippen LogP contribution in [0.15, 0.2) is 36.5 Å². The van der Waals surface area contributed by atoms with E-state index in [0.29, 0.717) is 13.0 Å². The van der Waals surface area contributed by atoms with Crippen LogP contribution < -0.4 is 5.73 Å². The number of esters is 1. The lowest BCUT2D eigenvalue weighted by atomic mass is 10.0. The second-order valence-electron chi connectivity index (χ2n) is 16.0. The van der Waals surface area contributed by atoms with Crippen molar-refractivity contribution < 1.29 is 32.8 Å². The fourth-order valence-corrected chi connectivity index (χ4v) is 7.49. The summed E-state index contributed by atoms with van der Waals surface area (Å²) >= 11 is 0. The Morgan fingerprint density at radius 1 is 0.526 bits per heavy atom. The summed E-state index contributed by atoms with van der Waals surface area (Å²) in [6.45, 7) is 4.90. The van der Waals surface area contributed by atoms with Crippen molar-refractivity contribution in [3.63, 3.8) is 0 Å². The molecule has 0 heterocycles. The van der Waals surface area contributed by atoms with E-state index in [1.807, 2.05) is 0 Å². The Bertz CT molecular complexity index is 972. The number of unbranched alkanes of at least 4 members (excludes halogenated alkanes) is 27. The van der Waals surface area contributed by atoms with Gasteiger partial charge < -0.3 is 20.1 Å². The molecular formula is C48H92NO7P. The molecule has 3 N–H and O–H groups in total. The average Bonchev–Trinajstić information content (AvgIpc) is 3.20. The molecule has 0 amide bonds. The lowest BCUT2D eigenvalue weighted by Gasteiger charge is -2.20. The fraction of sp³-hybridized carbons (Fsp3) is 0.854. The zero-order chi connectivity index (χ0) is 41.6. The van der Waals surface area contributed by atoms with E-state index in [1.165, 1.54) is 167 Å². The van der Waals surface area contributed by atoms with Crippen LogP contribution in [-0.4, -0.2) is 49.9 Å². The van der Waals surface area contributed by atoms with Gasteiger partial charge in [0.25, 0.3) is 0 Å². The Morgan fingerprint density at radius 2 is 0.930 bits per heavy atom. The Hall–Kier alpha value is -1.28. The predicted molar refractivity (Wildman–Crippen MR) is 243 cm³/mol. The summed E-state index contributed by atoms with van der Waals surface area (Å²) in [6.07, 6.45) is 53.1. The van der Waals surface area contributed by atoms with Crippen LogP contribution in [0, 0.1) is 0 Å². The fourth-order valence-electron chi connectivity index (χ4n) is 6.73. The van der Waals surface area contributed by atoms with Crippen LogP contribution in [0.2, 0.25) is 0 Å². The van der Waals surface area contributed by atoms with E-state index in [9.17, 15) is 14.3 Å². The van der Waals surface area contributed by atoms with Gasteiger partial charge in [0, 0.05) is 19.6 Å². The third-order valence-corrected chi connectivity index (χ3v) is 11.3. The monoisotopic (exact) mass is 826 g/mol. The molecule has 0 radical (unpaired) electrons. The molecule has 0 saturated carbocycles. The number of phosphoric acid groups is 1. The Balaban J connectivity index is 3.91. The summed E-state index contributed by atoms with van der Waals surface area (Å²) in [5, 5.41) is 0. The SMILES string of the molecule is CCCCC/C=C\CCCCCCCCOCC(COP(=O)(O)OCCN)OC(=O)CCCCCCCCCCCCCCC/C=C\C/C=C\CCCCCCC. The van der Waals surface area contributed by atoms with Gasteiger partial charge in [-0.1, -0.05) is 185 Å². The summed E-state index contributed by atoms with van der Waals surface area (Å²) in [5.41, 5.74) is 5.37. The maximum atomic E-state index is 12.6. The highest BCUT2D eigenvalue weighted by atomic mass is 31.2. The van der Waals surface area contributed by atoms with Gasteiger partial charge in [0.2, 0.25) is 0 Å². The van der Waals surface area contributed by atoms with Crippen molar-refractivity contribution in [3.05, 3.63) is 36.5 Å². The predicted octanol–water partition coefficient (Wildman–Crippen LogP) is 14.6. The third kappa shape index (κ3) is 45.7. The van der Waals surface area contributed by atoms with Gasteiger partial charge in [0.1, 0.15) is 6.10 Å². The molecule has 0 aromatic carbocycles. The number of carbonyl (C=O) groups excluding carboxylic acids is 1. The normalized spacial score (nSPS) is 13.7. The first-order valence-corrected chi connectivity index (χ1v) is 25.5.